The van der Waals surface area contributed by atoms with Crippen molar-refractivity contribution in [2.75, 3.05) is 11.0 Å². The van der Waals surface area contributed by atoms with Crippen LogP contribution in [0, 0.1) is 11.6 Å². The molecule has 0 fully saturated rings. The molecule has 2 N–H and O–H groups in total. The van der Waals surface area contributed by atoms with E-state index in [-0.39, 0.29) is 23.0 Å². The summed E-state index contributed by atoms with van der Waals surface area (Å²) in [5.74, 6) is -2.71. The van der Waals surface area contributed by atoms with Gasteiger partial charge in [0.25, 0.3) is 6.43 Å². The summed E-state index contributed by atoms with van der Waals surface area (Å²) in [5.41, 5.74) is -0.580. The third-order valence-electron chi connectivity index (χ3n) is 4.28. The first-order valence-electron chi connectivity index (χ1n) is 9.81. The number of carbonyl (C=O) groups is 1. The third kappa shape index (κ3) is 7.77. The lowest BCUT2D eigenvalue weighted by molar-refractivity contribution is -0.117. The van der Waals surface area contributed by atoms with Crippen LogP contribution in [0.25, 0.3) is 6.08 Å². The van der Waals surface area contributed by atoms with E-state index in [1.807, 2.05) is 0 Å². The zero-order valence-electron chi connectivity index (χ0n) is 18.3. The lowest BCUT2D eigenvalue weighted by atomic mass is 10.1. The maximum atomic E-state index is 14.2. The van der Waals surface area contributed by atoms with Crippen LogP contribution in [0.1, 0.15) is 49.9 Å². The van der Waals surface area contributed by atoms with E-state index in [2.05, 4.69) is 5.32 Å². The second-order valence-corrected chi connectivity index (χ2v) is 9.31. The highest BCUT2D eigenvalue weighted by Crippen LogP contribution is 2.29. The molecule has 0 bridgehead atoms. The van der Waals surface area contributed by atoms with Crippen LogP contribution in [0.3, 0.4) is 0 Å². The number of hydrogen-bond acceptors (Lipinski definition) is 4. The van der Waals surface area contributed by atoms with Crippen molar-refractivity contribution < 1.29 is 35.5 Å². The van der Waals surface area contributed by atoms with Crippen LogP contribution in [0.2, 0.25) is 0 Å². The van der Waals surface area contributed by atoms with E-state index in [1.165, 1.54) is 31.2 Å². The summed E-state index contributed by atoms with van der Waals surface area (Å²) < 4.78 is 84.1. The second-order valence-electron chi connectivity index (χ2n) is 7.56. The molecule has 0 aliphatic rings. The first-order valence-corrected chi connectivity index (χ1v) is 11.7. The van der Waals surface area contributed by atoms with Crippen LogP contribution >= 0.6 is 0 Å². The first kappa shape index (κ1) is 26.2. The summed E-state index contributed by atoms with van der Waals surface area (Å²) in [5, 5.41) is 2.52. The highest BCUT2D eigenvalue weighted by Gasteiger charge is 2.18. The Morgan fingerprint density at radius 1 is 1.03 bits per heavy atom. The van der Waals surface area contributed by atoms with E-state index in [1.54, 1.807) is 18.6 Å². The standard InChI is InChI=1S/C22H24F4N2O4S/c1-12(2)32-19-11-15(22(25)26)6-5-14(19)7-8-20(29)27-13(3)16-9-17(23)21(18(24)10-16)28-33(4,30)31/h5-13,22,28H,1-4H3,(H,27,29)/b8-7+/t13-/m1/s1. The van der Waals surface area contributed by atoms with Gasteiger partial charge in [-0.15, -0.1) is 0 Å². The van der Waals surface area contributed by atoms with Gasteiger partial charge < -0.3 is 10.1 Å². The van der Waals surface area contributed by atoms with E-state index in [0.717, 1.165) is 24.5 Å². The molecule has 6 nitrogen and oxygen atoms in total. The Morgan fingerprint density at radius 3 is 2.15 bits per heavy atom. The fourth-order valence-electron chi connectivity index (χ4n) is 2.82. The number of rotatable bonds is 9. The quantitative estimate of drug-likeness (QED) is 0.386. The van der Waals surface area contributed by atoms with Crippen LogP contribution < -0.4 is 14.8 Å². The van der Waals surface area contributed by atoms with Crippen LogP contribution in [-0.4, -0.2) is 26.7 Å². The number of amides is 1. The van der Waals surface area contributed by atoms with Crippen molar-refractivity contribution in [3.8, 4) is 5.75 Å². The molecule has 1 atom stereocenters. The molecule has 0 radical (unpaired) electrons. The van der Waals surface area contributed by atoms with Crippen molar-refractivity contribution in [3.63, 3.8) is 0 Å². The van der Waals surface area contributed by atoms with Crippen molar-refractivity contribution in [2.45, 2.75) is 39.3 Å². The van der Waals surface area contributed by atoms with Crippen LogP contribution in [-0.2, 0) is 14.8 Å². The number of sulfonamides is 1. The summed E-state index contributed by atoms with van der Waals surface area (Å²) in [6, 6.07) is 4.79. The zero-order chi connectivity index (χ0) is 24.9. The van der Waals surface area contributed by atoms with Crippen LogP contribution in [0.5, 0.6) is 5.75 Å². The summed E-state index contributed by atoms with van der Waals surface area (Å²) in [6.45, 7) is 4.94. The molecule has 0 aromatic heterocycles. The number of hydrogen-bond donors (Lipinski definition) is 2. The highest BCUT2D eigenvalue weighted by atomic mass is 32.2. The Bertz CT molecular complexity index is 1130. The Hall–Kier alpha value is -3.08. The molecule has 33 heavy (non-hydrogen) atoms. The normalized spacial score (nSPS) is 12.9. The molecule has 11 heteroatoms. The average Bonchev–Trinajstić information content (AvgIpc) is 2.68. The molecule has 1 amide bonds. The molecule has 0 heterocycles. The Kier molecular flexibility index (Phi) is 8.48. The predicted molar refractivity (Wildman–Crippen MR) is 118 cm³/mol. The number of ether oxygens (including phenoxy) is 1. The molecule has 2 aromatic carbocycles. The molecule has 0 spiro atoms. The maximum Gasteiger partial charge on any atom is 0.263 e. The summed E-state index contributed by atoms with van der Waals surface area (Å²) >= 11 is 0. The van der Waals surface area contributed by atoms with Gasteiger partial charge in [0.15, 0.2) is 11.6 Å². The first-order chi connectivity index (χ1) is 15.3. The van der Waals surface area contributed by atoms with Gasteiger partial charge >= 0.3 is 0 Å². The van der Waals surface area contributed by atoms with Crippen molar-refractivity contribution in [3.05, 3.63) is 64.7 Å². The fraction of sp³-hybridized carbons (Fsp3) is 0.318. The Morgan fingerprint density at radius 2 is 1.64 bits per heavy atom. The Balaban J connectivity index is 2.18. The van der Waals surface area contributed by atoms with Crippen molar-refractivity contribution in [2.24, 2.45) is 0 Å². The largest absolute Gasteiger partial charge is 0.490 e. The SMILES string of the molecule is CC(C)Oc1cc(C(F)F)ccc1/C=C/C(=O)N[C@H](C)c1cc(F)c(NS(C)(=O)=O)c(F)c1. The van der Waals surface area contributed by atoms with Gasteiger partial charge in [-0.25, -0.2) is 26.0 Å². The minimum atomic E-state index is -3.89. The van der Waals surface area contributed by atoms with Gasteiger partial charge in [-0.2, -0.15) is 0 Å². The summed E-state index contributed by atoms with van der Waals surface area (Å²) in [7, 11) is -3.89. The molecule has 0 aliphatic carbocycles. The van der Waals surface area contributed by atoms with Gasteiger partial charge in [0.05, 0.1) is 18.4 Å². The third-order valence-corrected chi connectivity index (χ3v) is 4.85. The lowest BCUT2D eigenvalue weighted by Gasteiger charge is -2.16. The van der Waals surface area contributed by atoms with E-state index >= 15 is 0 Å². The van der Waals surface area contributed by atoms with Crippen molar-refractivity contribution in [1.82, 2.24) is 5.32 Å². The van der Waals surface area contributed by atoms with Gasteiger partial charge in [-0.1, -0.05) is 12.1 Å². The molecule has 0 unspecified atom stereocenters. The topological polar surface area (TPSA) is 84.5 Å². The number of carbonyl (C=O) groups excluding carboxylic acids is 1. The number of benzene rings is 2. The van der Waals surface area contributed by atoms with E-state index < -0.39 is 45.7 Å². The van der Waals surface area contributed by atoms with Gasteiger partial charge in [-0.05, 0) is 50.6 Å². The predicted octanol–water partition coefficient (Wildman–Crippen LogP) is 4.95. The van der Waals surface area contributed by atoms with Gasteiger partial charge in [-0.3, -0.25) is 9.52 Å². The fourth-order valence-corrected chi connectivity index (χ4v) is 3.38. The molecule has 180 valence electrons. The molecule has 0 aliphatic heterocycles. The summed E-state index contributed by atoms with van der Waals surface area (Å²) in [6.07, 6.45) is 0.293. The van der Waals surface area contributed by atoms with E-state index in [0.29, 0.717) is 5.56 Å². The molecule has 0 saturated carbocycles. The van der Waals surface area contributed by atoms with Gasteiger partial charge in [0, 0.05) is 17.2 Å². The van der Waals surface area contributed by atoms with E-state index in [4.69, 9.17) is 4.74 Å². The minimum Gasteiger partial charge on any atom is -0.490 e. The maximum absolute atomic E-state index is 14.2. The second kappa shape index (κ2) is 10.7. The van der Waals surface area contributed by atoms with Gasteiger partial charge in [0.1, 0.15) is 11.4 Å². The highest BCUT2D eigenvalue weighted by molar-refractivity contribution is 7.92. The number of alkyl halides is 2. The monoisotopic (exact) mass is 488 g/mol. The molecular formula is C22H24F4N2O4S. The zero-order valence-corrected chi connectivity index (χ0v) is 19.1. The molecule has 2 rings (SSSR count). The smallest absolute Gasteiger partial charge is 0.263 e. The average molecular weight is 489 g/mol. The molecular weight excluding hydrogens is 464 g/mol. The van der Waals surface area contributed by atoms with Crippen LogP contribution in [0.4, 0.5) is 23.2 Å². The molecule has 2 aromatic rings. The number of nitrogens with one attached hydrogen (secondary N) is 2. The molecule has 0 saturated heterocycles. The minimum absolute atomic E-state index is 0.0657. The van der Waals surface area contributed by atoms with E-state index in [9.17, 15) is 30.8 Å². The number of anilines is 1. The number of halogens is 4. The van der Waals surface area contributed by atoms with Crippen molar-refractivity contribution in [1.29, 1.82) is 0 Å². The van der Waals surface area contributed by atoms with Gasteiger partial charge in [0.2, 0.25) is 15.9 Å². The summed E-state index contributed by atoms with van der Waals surface area (Å²) in [4.78, 5) is 12.3. The Labute approximate surface area is 189 Å². The lowest BCUT2D eigenvalue weighted by Crippen LogP contribution is -2.25. The van der Waals surface area contributed by atoms with Crippen LogP contribution in [0.15, 0.2) is 36.4 Å². The van der Waals surface area contributed by atoms with Crippen molar-refractivity contribution >= 4 is 27.7 Å².